The van der Waals surface area contributed by atoms with Crippen molar-refractivity contribution < 1.29 is 5.11 Å². The summed E-state index contributed by atoms with van der Waals surface area (Å²) in [5.74, 6) is 0.883. The predicted octanol–water partition coefficient (Wildman–Crippen LogP) is 2.61. The van der Waals surface area contributed by atoms with Gasteiger partial charge in [-0.1, -0.05) is 18.2 Å². The molecule has 17 heavy (non-hydrogen) atoms. The quantitative estimate of drug-likeness (QED) is 0.851. The molecular weight excluding hydrogens is 212 g/mol. The number of hydrogen-bond acceptors (Lipinski definition) is 2. The summed E-state index contributed by atoms with van der Waals surface area (Å²) in [5.41, 5.74) is 4.26. The van der Waals surface area contributed by atoms with E-state index in [0.29, 0.717) is 6.42 Å². The second-order valence-electron chi connectivity index (χ2n) is 4.52. The summed E-state index contributed by atoms with van der Waals surface area (Å²) in [6.45, 7) is 5.97. The second-order valence-corrected chi connectivity index (χ2v) is 4.52. The van der Waals surface area contributed by atoms with E-state index in [-0.39, 0.29) is 0 Å². The van der Waals surface area contributed by atoms with Crippen LogP contribution >= 0.6 is 0 Å². The third-order valence-electron chi connectivity index (χ3n) is 3.04. The molecule has 3 heteroatoms. The number of aromatic amines is 1. The molecule has 1 unspecified atom stereocenters. The Morgan fingerprint density at radius 1 is 1.24 bits per heavy atom. The largest absolute Gasteiger partial charge is 0.388 e. The standard InChI is InChI=1S/C14H18N2O/c1-9-5-4-6-10(2)14(9)13(17)7-12-8-15-11(3)16-12/h4-6,8,13,17H,7H2,1-3H3,(H,15,16). The number of aliphatic hydroxyl groups is 1. The first-order valence-electron chi connectivity index (χ1n) is 5.82. The monoisotopic (exact) mass is 230 g/mol. The van der Waals surface area contributed by atoms with Gasteiger partial charge in [-0.15, -0.1) is 0 Å². The van der Waals surface area contributed by atoms with Crippen molar-refractivity contribution >= 4 is 0 Å². The van der Waals surface area contributed by atoms with E-state index < -0.39 is 6.10 Å². The number of imidazole rings is 1. The maximum atomic E-state index is 10.3. The summed E-state index contributed by atoms with van der Waals surface area (Å²) in [4.78, 5) is 7.29. The summed E-state index contributed by atoms with van der Waals surface area (Å²) < 4.78 is 0. The number of nitrogens with one attached hydrogen (secondary N) is 1. The van der Waals surface area contributed by atoms with Gasteiger partial charge in [-0.05, 0) is 37.5 Å². The topological polar surface area (TPSA) is 48.9 Å². The number of benzene rings is 1. The Morgan fingerprint density at radius 3 is 2.41 bits per heavy atom. The van der Waals surface area contributed by atoms with Gasteiger partial charge in [-0.2, -0.15) is 0 Å². The van der Waals surface area contributed by atoms with Gasteiger partial charge in [-0.3, -0.25) is 0 Å². The first-order chi connectivity index (χ1) is 8.08. The van der Waals surface area contributed by atoms with E-state index in [4.69, 9.17) is 0 Å². The highest BCUT2D eigenvalue weighted by Crippen LogP contribution is 2.24. The molecule has 0 aliphatic heterocycles. The molecule has 0 saturated carbocycles. The fraction of sp³-hybridized carbons (Fsp3) is 0.357. The first-order valence-corrected chi connectivity index (χ1v) is 5.82. The minimum absolute atomic E-state index is 0.476. The van der Waals surface area contributed by atoms with Crippen molar-refractivity contribution in [3.8, 4) is 0 Å². The molecule has 1 aromatic carbocycles. The highest BCUT2D eigenvalue weighted by atomic mass is 16.3. The van der Waals surface area contributed by atoms with E-state index in [9.17, 15) is 5.11 Å². The Hall–Kier alpha value is -1.61. The van der Waals surface area contributed by atoms with Crippen LogP contribution in [0.2, 0.25) is 0 Å². The van der Waals surface area contributed by atoms with E-state index in [1.165, 1.54) is 0 Å². The van der Waals surface area contributed by atoms with Gasteiger partial charge in [-0.25, -0.2) is 4.98 Å². The van der Waals surface area contributed by atoms with Crippen molar-refractivity contribution in [1.29, 1.82) is 0 Å². The van der Waals surface area contributed by atoms with Gasteiger partial charge in [0.15, 0.2) is 0 Å². The lowest BCUT2D eigenvalue weighted by Gasteiger charge is -2.15. The third kappa shape index (κ3) is 2.56. The van der Waals surface area contributed by atoms with Crippen LogP contribution in [0.5, 0.6) is 0 Å². The number of aromatic nitrogens is 2. The average molecular weight is 230 g/mol. The Kier molecular flexibility index (Phi) is 3.29. The Bertz CT molecular complexity index is 496. The zero-order valence-corrected chi connectivity index (χ0v) is 10.5. The molecule has 1 heterocycles. The molecule has 1 atom stereocenters. The van der Waals surface area contributed by atoms with Crippen LogP contribution in [0.25, 0.3) is 0 Å². The lowest BCUT2D eigenvalue weighted by Crippen LogP contribution is -2.06. The normalized spacial score (nSPS) is 12.7. The maximum Gasteiger partial charge on any atom is 0.103 e. The smallest absolute Gasteiger partial charge is 0.103 e. The van der Waals surface area contributed by atoms with Gasteiger partial charge >= 0.3 is 0 Å². The summed E-state index contributed by atoms with van der Waals surface area (Å²) in [5, 5.41) is 10.3. The summed E-state index contributed by atoms with van der Waals surface area (Å²) >= 11 is 0. The van der Waals surface area contributed by atoms with Crippen molar-refractivity contribution in [2.45, 2.75) is 33.3 Å². The van der Waals surface area contributed by atoms with E-state index >= 15 is 0 Å². The van der Waals surface area contributed by atoms with Crippen molar-refractivity contribution in [3.63, 3.8) is 0 Å². The second kappa shape index (κ2) is 4.72. The molecule has 0 radical (unpaired) electrons. The summed E-state index contributed by atoms with van der Waals surface area (Å²) in [6.07, 6.45) is 1.88. The Morgan fingerprint density at radius 2 is 1.88 bits per heavy atom. The average Bonchev–Trinajstić information content (AvgIpc) is 2.63. The van der Waals surface area contributed by atoms with E-state index in [0.717, 1.165) is 28.2 Å². The molecule has 3 nitrogen and oxygen atoms in total. The summed E-state index contributed by atoms with van der Waals surface area (Å²) in [7, 11) is 0. The fourth-order valence-corrected chi connectivity index (χ4v) is 2.24. The molecule has 0 aliphatic rings. The van der Waals surface area contributed by atoms with Crippen LogP contribution in [-0.2, 0) is 6.42 Å². The highest BCUT2D eigenvalue weighted by molar-refractivity contribution is 5.35. The molecule has 0 saturated heterocycles. The van der Waals surface area contributed by atoms with Crippen LogP contribution in [0.4, 0.5) is 0 Å². The molecule has 0 fully saturated rings. The number of H-pyrrole nitrogens is 1. The molecule has 0 aliphatic carbocycles. The number of aliphatic hydroxyl groups excluding tert-OH is 1. The molecular formula is C14H18N2O. The minimum Gasteiger partial charge on any atom is -0.388 e. The van der Waals surface area contributed by atoms with Crippen molar-refractivity contribution in [1.82, 2.24) is 9.97 Å². The van der Waals surface area contributed by atoms with Crippen LogP contribution in [-0.4, -0.2) is 15.1 Å². The lowest BCUT2D eigenvalue weighted by molar-refractivity contribution is 0.176. The molecule has 0 spiro atoms. The van der Waals surface area contributed by atoms with E-state index in [2.05, 4.69) is 9.97 Å². The van der Waals surface area contributed by atoms with Gasteiger partial charge in [0.2, 0.25) is 0 Å². The lowest BCUT2D eigenvalue weighted by atomic mass is 9.95. The summed E-state index contributed by atoms with van der Waals surface area (Å²) in [6, 6.07) is 6.08. The van der Waals surface area contributed by atoms with Gasteiger partial charge in [0, 0.05) is 18.3 Å². The van der Waals surface area contributed by atoms with Crippen LogP contribution in [0.3, 0.4) is 0 Å². The zero-order valence-electron chi connectivity index (χ0n) is 10.5. The zero-order chi connectivity index (χ0) is 12.4. The Balaban J connectivity index is 2.22. The van der Waals surface area contributed by atoms with Gasteiger partial charge < -0.3 is 10.1 Å². The van der Waals surface area contributed by atoms with Crippen LogP contribution < -0.4 is 0 Å². The number of hydrogen-bond donors (Lipinski definition) is 2. The fourth-order valence-electron chi connectivity index (χ4n) is 2.24. The highest BCUT2D eigenvalue weighted by Gasteiger charge is 2.14. The predicted molar refractivity (Wildman–Crippen MR) is 67.9 cm³/mol. The van der Waals surface area contributed by atoms with E-state index in [1.807, 2.05) is 39.0 Å². The van der Waals surface area contributed by atoms with Gasteiger partial charge in [0.05, 0.1) is 6.10 Å². The Labute approximate surface area is 102 Å². The maximum absolute atomic E-state index is 10.3. The van der Waals surface area contributed by atoms with Crippen molar-refractivity contribution in [2.75, 3.05) is 0 Å². The van der Waals surface area contributed by atoms with Crippen LogP contribution in [0, 0.1) is 20.8 Å². The van der Waals surface area contributed by atoms with Crippen LogP contribution in [0.1, 0.15) is 34.3 Å². The third-order valence-corrected chi connectivity index (χ3v) is 3.04. The minimum atomic E-state index is -0.476. The number of aryl methyl sites for hydroxylation is 3. The first kappa shape index (κ1) is 11.9. The molecule has 2 aromatic rings. The number of nitrogens with zero attached hydrogens (tertiary/aromatic N) is 1. The van der Waals surface area contributed by atoms with Crippen LogP contribution in [0.15, 0.2) is 24.4 Å². The molecule has 2 N–H and O–H groups in total. The molecule has 90 valence electrons. The molecule has 1 aromatic heterocycles. The molecule has 0 bridgehead atoms. The van der Waals surface area contributed by atoms with Gasteiger partial charge in [0.1, 0.15) is 5.82 Å². The van der Waals surface area contributed by atoms with E-state index in [1.54, 1.807) is 6.20 Å². The SMILES string of the molecule is Cc1ncc(CC(O)c2c(C)cccc2C)[nH]1. The molecule has 0 amide bonds. The van der Waals surface area contributed by atoms with Crippen molar-refractivity contribution in [2.24, 2.45) is 0 Å². The van der Waals surface area contributed by atoms with Crippen molar-refractivity contribution in [3.05, 3.63) is 52.6 Å². The molecule has 2 rings (SSSR count). The van der Waals surface area contributed by atoms with Gasteiger partial charge in [0.25, 0.3) is 0 Å². The number of rotatable bonds is 3.